The molecule has 0 bridgehead atoms. The largest absolute Gasteiger partial charge is 0.493 e. The lowest BCUT2D eigenvalue weighted by Gasteiger charge is -2.17. The van der Waals surface area contributed by atoms with Gasteiger partial charge in [-0.2, -0.15) is 0 Å². The van der Waals surface area contributed by atoms with E-state index in [0.717, 1.165) is 35.1 Å². The van der Waals surface area contributed by atoms with Gasteiger partial charge in [-0.25, -0.2) is 0 Å². The van der Waals surface area contributed by atoms with Crippen LogP contribution in [0.25, 0.3) is 0 Å². The van der Waals surface area contributed by atoms with Crippen LogP contribution >= 0.6 is 0 Å². The number of methoxy groups -OCH3 is 4. The molecule has 50 heavy (non-hydrogen) atoms. The first-order valence-electron chi connectivity index (χ1n) is 16.7. The molecule has 0 heterocycles. The Labute approximate surface area is 295 Å². The van der Waals surface area contributed by atoms with Gasteiger partial charge in [0.15, 0.2) is 23.0 Å². The minimum absolute atomic E-state index is 0.0880. The van der Waals surface area contributed by atoms with Gasteiger partial charge >= 0.3 is 0 Å². The van der Waals surface area contributed by atoms with E-state index in [1.807, 2.05) is 98.8 Å². The molecular formula is C40H51N3O7. The first-order valence-corrected chi connectivity index (χ1v) is 16.7. The summed E-state index contributed by atoms with van der Waals surface area (Å²) in [5.41, 5.74) is 10.8. The van der Waals surface area contributed by atoms with E-state index in [2.05, 4.69) is 10.6 Å². The number of hydrogen-bond acceptors (Lipinski definition) is 8. The van der Waals surface area contributed by atoms with Crippen LogP contribution in [0.3, 0.4) is 0 Å². The number of benzene rings is 4. The first-order chi connectivity index (χ1) is 24.2. The van der Waals surface area contributed by atoms with Crippen molar-refractivity contribution >= 4 is 11.8 Å². The van der Waals surface area contributed by atoms with Gasteiger partial charge in [-0.15, -0.1) is 0 Å². The topological polar surface area (TPSA) is 141 Å². The molecule has 4 aromatic carbocycles. The van der Waals surface area contributed by atoms with Crippen LogP contribution in [0.2, 0.25) is 0 Å². The quantitative estimate of drug-likeness (QED) is 0.109. The minimum Gasteiger partial charge on any atom is -0.493 e. The van der Waals surface area contributed by atoms with Crippen molar-refractivity contribution in [3.8, 4) is 23.0 Å². The van der Waals surface area contributed by atoms with Crippen molar-refractivity contribution in [2.45, 2.75) is 51.6 Å². The van der Waals surface area contributed by atoms with Crippen molar-refractivity contribution in [1.82, 2.24) is 10.6 Å². The summed E-state index contributed by atoms with van der Waals surface area (Å²) in [5, 5.41) is 15.1. The van der Waals surface area contributed by atoms with Gasteiger partial charge in [-0.05, 0) is 105 Å². The van der Waals surface area contributed by atoms with Crippen LogP contribution in [0.5, 0.6) is 23.0 Å². The molecule has 0 saturated heterocycles. The third-order valence-corrected chi connectivity index (χ3v) is 8.29. The standard InChI is InChI=1S/C20H26N2O3.C20H25NO4/c1-14(16-10-11-18(24-2)19(13-16)25-3)22-20(23)17-9-5-4-7-15(17)8-6-12-21;1-14(16-10-11-18(24-2)19(13-16)25-3)21-20(23)17-9-5-4-7-15(17)8-6-12-22/h4-5,7,9-11,13-14H,6,8,12,21H2,1-3H3,(H,22,23);4-5,7,9-11,13-14,22H,6,8,12H2,1-3H3,(H,21,23)/t2*14-/m11/s1. The third kappa shape index (κ3) is 11.0. The van der Waals surface area contributed by atoms with E-state index in [1.54, 1.807) is 28.4 Å². The lowest BCUT2D eigenvalue weighted by atomic mass is 10.0. The lowest BCUT2D eigenvalue weighted by Crippen LogP contribution is -2.27. The molecule has 4 rings (SSSR count). The molecule has 2 atom stereocenters. The summed E-state index contributed by atoms with van der Waals surface area (Å²) in [6.45, 7) is 4.59. The number of aliphatic hydroxyl groups excluding tert-OH is 1. The number of carbonyl (C=O) groups excluding carboxylic acids is 2. The van der Waals surface area contributed by atoms with Crippen molar-refractivity contribution in [2.24, 2.45) is 5.73 Å². The fourth-order valence-corrected chi connectivity index (χ4v) is 5.44. The molecule has 10 heteroatoms. The highest BCUT2D eigenvalue weighted by Crippen LogP contribution is 2.31. The Hall–Kier alpha value is -5.06. The predicted molar refractivity (Wildman–Crippen MR) is 197 cm³/mol. The van der Waals surface area contributed by atoms with Gasteiger partial charge in [-0.1, -0.05) is 48.5 Å². The van der Waals surface area contributed by atoms with E-state index in [1.165, 1.54) is 0 Å². The number of amides is 2. The highest BCUT2D eigenvalue weighted by molar-refractivity contribution is 5.96. The highest BCUT2D eigenvalue weighted by Gasteiger charge is 2.17. The van der Waals surface area contributed by atoms with Crippen LogP contribution in [-0.2, 0) is 12.8 Å². The number of aryl methyl sites for hydroxylation is 2. The molecule has 0 aliphatic heterocycles. The molecular weight excluding hydrogens is 634 g/mol. The maximum absolute atomic E-state index is 12.7. The van der Waals surface area contributed by atoms with Gasteiger partial charge in [0.2, 0.25) is 0 Å². The molecule has 0 aliphatic carbocycles. The minimum atomic E-state index is -0.182. The monoisotopic (exact) mass is 685 g/mol. The normalized spacial score (nSPS) is 11.7. The number of rotatable bonds is 16. The zero-order chi connectivity index (χ0) is 36.5. The number of nitrogens with one attached hydrogen (secondary N) is 2. The number of carbonyl (C=O) groups is 2. The fraction of sp³-hybridized carbons (Fsp3) is 0.350. The van der Waals surface area contributed by atoms with Crippen molar-refractivity contribution in [3.63, 3.8) is 0 Å². The van der Waals surface area contributed by atoms with Gasteiger partial charge < -0.3 is 40.4 Å². The molecule has 4 aromatic rings. The van der Waals surface area contributed by atoms with Crippen LogP contribution in [0.15, 0.2) is 84.9 Å². The van der Waals surface area contributed by atoms with Crippen molar-refractivity contribution < 1.29 is 33.6 Å². The molecule has 2 amide bonds. The molecule has 5 N–H and O–H groups in total. The summed E-state index contributed by atoms with van der Waals surface area (Å²) >= 11 is 0. The molecule has 0 aliphatic rings. The van der Waals surface area contributed by atoms with Gasteiger partial charge in [-0.3, -0.25) is 9.59 Å². The second-order valence-corrected chi connectivity index (χ2v) is 11.7. The van der Waals surface area contributed by atoms with Gasteiger partial charge in [0.05, 0.1) is 40.5 Å². The third-order valence-electron chi connectivity index (χ3n) is 8.29. The summed E-state index contributed by atoms with van der Waals surface area (Å²) in [4.78, 5) is 25.4. The number of nitrogens with two attached hydrogens (primary N) is 1. The Bertz CT molecular complexity index is 1550. The molecule has 0 radical (unpaired) electrons. The molecule has 0 fully saturated rings. The highest BCUT2D eigenvalue weighted by atomic mass is 16.5. The molecule has 0 unspecified atom stereocenters. The number of hydrogen-bond donors (Lipinski definition) is 4. The summed E-state index contributed by atoms with van der Waals surface area (Å²) in [7, 11) is 6.37. The van der Waals surface area contributed by atoms with Crippen molar-refractivity contribution in [3.05, 3.63) is 118 Å². The first kappa shape index (κ1) is 39.4. The number of ether oxygens (including phenoxy) is 4. The molecule has 0 saturated carbocycles. The average molecular weight is 686 g/mol. The van der Waals surface area contributed by atoms with E-state index in [4.69, 9.17) is 29.8 Å². The molecule has 0 aromatic heterocycles. The molecule has 0 spiro atoms. The molecule has 10 nitrogen and oxygen atoms in total. The predicted octanol–water partition coefficient (Wildman–Crippen LogP) is 6.21. The van der Waals surface area contributed by atoms with E-state index in [9.17, 15) is 9.59 Å². The molecule has 268 valence electrons. The van der Waals surface area contributed by atoms with E-state index < -0.39 is 0 Å². The lowest BCUT2D eigenvalue weighted by molar-refractivity contribution is 0.0930. The van der Waals surface area contributed by atoms with Crippen LogP contribution < -0.4 is 35.3 Å². The summed E-state index contributed by atoms with van der Waals surface area (Å²) in [5.74, 6) is 2.37. The van der Waals surface area contributed by atoms with Crippen LogP contribution in [-0.4, -0.2) is 58.5 Å². The Kier molecular flexibility index (Phi) is 16.1. The van der Waals surface area contributed by atoms with Crippen molar-refractivity contribution in [2.75, 3.05) is 41.6 Å². The van der Waals surface area contributed by atoms with Gasteiger partial charge in [0, 0.05) is 17.7 Å². The smallest absolute Gasteiger partial charge is 0.252 e. The van der Waals surface area contributed by atoms with Crippen LogP contribution in [0.4, 0.5) is 0 Å². The van der Waals surface area contributed by atoms with Gasteiger partial charge in [0.25, 0.3) is 11.8 Å². The second-order valence-electron chi connectivity index (χ2n) is 11.7. The average Bonchev–Trinajstić information content (AvgIpc) is 3.15. The SMILES string of the molecule is COc1ccc([C@@H](C)NC(=O)c2ccccc2CCCN)cc1OC.COc1ccc([C@@H](C)NC(=O)c2ccccc2CCCO)cc1OC. The zero-order valence-corrected chi connectivity index (χ0v) is 30.0. The van der Waals surface area contributed by atoms with E-state index in [0.29, 0.717) is 53.5 Å². The maximum atomic E-state index is 12.7. The van der Waals surface area contributed by atoms with Crippen molar-refractivity contribution in [1.29, 1.82) is 0 Å². The summed E-state index contributed by atoms with van der Waals surface area (Å²) in [6, 6.07) is 26.0. The van der Waals surface area contributed by atoms with Crippen LogP contribution in [0.1, 0.15) is 81.7 Å². The Morgan fingerprint density at radius 2 is 1.02 bits per heavy atom. The maximum Gasteiger partial charge on any atom is 0.252 e. The zero-order valence-electron chi connectivity index (χ0n) is 30.0. The summed E-state index contributed by atoms with van der Waals surface area (Å²) < 4.78 is 21.1. The van der Waals surface area contributed by atoms with Gasteiger partial charge in [0.1, 0.15) is 0 Å². The Balaban J connectivity index is 0.000000270. The number of aliphatic hydroxyl groups is 1. The van der Waals surface area contributed by atoms with Crippen LogP contribution in [0, 0.1) is 0 Å². The summed E-state index contributed by atoms with van der Waals surface area (Å²) in [6.07, 6.45) is 2.96. The fourth-order valence-electron chi connectivity index (χ4n) is 5.44. The van der Waals surface area contributed by atoms with E-state index in [-0.39, 0.29) is 30.5 Å². The second kappa shape index (κ2) is 20.5. The Morgan fingerprint density at radius 3 is 1.40 bits per heavy atom. The van der Waals surface area contributed by atoms with E-state index >= 15 is 0 Å². The Morgan fingerprint density at radius 1 is 0.620 bits per heavy atom.